The first-order valence-corrected chi connectivity index (χ1v) is 9.69. The number of rotatable bonds is 8. The first kappa shape index (κ1) is 14.8. The fourth-order valence-electron chi connectivity index (χ4n) is 1.96. The molecular weight excluding hydrogens is 308 g/mol. The zero-order valence-electron chi connectivity index (χ0n) is 11.6. The van der Waals surface area contributed by atoms with E-state index in [-0.39, 0.29) is 11.8 Å². The maximum atomic E-state index is 11.7. The van der Waals surface area contributed by atoms with Gasteiger partial charge in [-0.25, -0.2) is 22.6 Å². The fourth-order valence-corrected chi connectivity index (χ4v) is 4.27. The van der Waals surface area contributed by atoms with Gasteiger partial charge < -0.3 is 0 Å². The number of fused-ring (bicyclic) bond motifs is 1. The van der Waals surface area contributed by atoms with Gasteiger partial charge in [0.25, 0.3) is 0 Å². The highest BCUT2D eigenvalue weighted by atomic mass is 32.2. The molecule has 1 fully saturated rings. The number of nitrogens with zero attached hydrogens (tertiary/aromatic N) is 3. The molecule has 2 aromatic heterocycles. The summed E-state index contributed by atoms with van der Waals surface area (Å²) in [5.41, 5.74) is 0.830. The van der Waals surface area contributed by atoms with Crippen molar-refractivity contribution in [1.82, 2.24) is 19.3 Å². The van der Waals surface area contributed by atoms with Crippen LogP contribution < -0.4 is 4.72 Å². The predicted octanol–water partition coefficient (Wildman–Crippen LogP) is 1.68. The first-order chi connectivity index (χ1) is 10.1. The molecule has 8 heteroatoms. The fraction of sp³-hybridized carbons (Fsp3) is 0.538. The van der Waals surface area contributed by atoms with Gasteiger partial charge in [-0.2, -0.15) is 5.10 Å². The van der Waals surface area contributed by atoms with Crippen molar-refractivity contribution >= 4 is 27.4 Å². The standard InChI is InChI=1S/C13H18N4O2S2/c18-21(19,16-11-3-4-11)10-2-1-9-20-13-6-5-12-14-7-8-17(12)15-13/h5-8,11,16H,1-4,9-10H2. The van der Waals surface area contributed by atoms with Gasteiger partial charge in [0.1, 0.15) is 5.03 Å². The Kier molecular flexibility index (Phi) is 4.46. The average molecular weight is 326 g/mol. The number of aromatic nitrogens is 3. The van der Waals surface area contributed by atoms with E-state index in [1.165, 1.54) is 0 Å². The summed E-state index contributed by atoms with van der Waals surface area (Å²) in [6.45, 7) is 0. The second kappa shape index (κ2) is 6.33. The normalized spacial score (nSPS) is 15.6. The summed E-state index contributed by atoms with van der Waals surface area (Å²) in [6.07, 6.45) is 7.04. The van der Waals surface area contributed by atoms with Crippen LogP contribution in [0.1, 0.15) is 25.7 Å². The molecule has 1 N–H and O–H groups in total. The third-order valence-electron chi connectivity index (χ3n) is 3.21. The molecule has 1 aliphatic carbocycles. The Morgan fingerprint density at radius 3 is 3.00 bits per heavy atom. The zero-order chi connectivity index (χ0) is 14.7. The van der Waals surface area contributed by atoms with E-state index in [0.717, 1.165) is 35.7 Å². The molecule has 0 spiro atoms. The van der Waals surface area contributed by atoms with Crippen molar-refractivity contribution < 1.29 is 8.42 Å². The second-order valence-corrected chi connectivity index (χ2v) is 8.16. The summed E-state index contributed by atoms with van der Waals surface area (Å²) in [4.78, 5) is 4.14. The summed E-state index contributed by atoms with van der Waals surface area (Å²) >= 11 is 1.64. The minimum Gasteiger partial charge on any atom is -0.236 e. The summed E-state index contributed by atoms with van der Waals surface area (Å²) < 4.78 is 27.8. The lowest BCUT2D eigenvalue weighted by molar-refractivity contribution is 0.578. The van der Waals surface area contributed by atoms with Crippen molar-refractivity contribution in [1.29, 1.82) is 0 Å². The van der Waals surface area contributed by atoms with E-state index in [2.05, 4.69) is 14.8 Å². The van der Waals surface area contributed by atoms with E-state index < -0.39 is 10.0 Å². The molecule has 2 heterocycles. The molecule has 1 saturated carbocycles. The number of unbranched alkanes of at least 4 members (excludes halogenated alkanes) is 1. The highest BCUT2D eigenvalue weighted by Crippen LogP contribution is 2.20. The Labute approximate surface area is 128 Å². The van der Waals surface area contributed by atoms with E-state index in [0.29, 0.717) is 6.42 Å². The van der Waals surface area contributed by atoms with Gasteiger partial charge in [0.2, 0.25) is 10.0 Å². The maximum Gasteiger partial charge on any atom is 0.211 e. The highest BCUT2D eigenvalue weighted by Gasteiger charge is 2.26. The van der Waals surface area contributed by atoms with Crippen LogP contribution in [-0.2, 0) is 10.0 Å². The van der Waals surface area contributed by atoms with Crippen LogP contribution in [0.3, 0.4) is 0 Å². The highest BCUT2D eigenvalue weighted by molar-refractivity contribution is 7.99. The van der Waals surface area contributed by atoms with Crippen LogP contribution in [0, 0.1) is 0 Å². The van der Waals surface area contributed by atoms with Crippen LogP contribution >= 0.6 is 11.8 Å². The maximum absolute atomic E-state index is 11.7. The second-order valence-electron chi connectivity index (χ2n) is 5.17. The van der Waals surface area contributed by atoms with Crippen molar-refractivity contribution in [2.24, 2.45) is 0 Å². The lowest BCUT2D eigenvalue weighted by Crippen LogP contribution is -2.28. The van der Waals surface area contributed by atoms with Gasteiger partial charge in [0.05, 0.1) is 5.75 Å². The number of hydrogen-bond donors (Lipinski definition) is 1. The van der Waals surface area contributed by atoms with Crippen LogP contribution in [-0.4, -0.2) is 40.6 Å². The molecule has 1 aliphatic rings. The zero-order valence-corrected chi connectivity index (χ0v) is 13.2. The SMILES string of the molecule is O=S(=O)(CCCCSc1ccc2nccn2n1)NC1CC1. The van der Waals surface area contributed by atoms with Gasteiger partial charge in [0.15, 0.2) is 5.65 Å². The van der Waals surface area contributed by atoms with Gasteiger partial charge in [-0.3, -0.25) is 0 Å². The van der Waals surface area contributed by atoms with E-state index in [1.54, 1.807) is 22.5 Å². The minimum atomic E-state index is -3.07. The third kappa shape index (κ3) is 4.42. The Hall–Kier alpha value is -1.12. The van der Waals surface area contributed by atoms with Gasteiger partial charge in [-0.05, 0) is 43.6 Å². The molecule has 2 aromatic rings. The number of sulfonamides is 1. The van der Waals surface area contributed by atoms with Gasteiger partial charge in [-0.15, -0.1) is 11.8 Å². The molecule has 0 aliphatic heterocycles. The van der Waals surface area contributed by atoms with Crippen LogP contribution in [0.5, 0.6) is 0 Å². The number of nitrogens with one attached hydrogen (secondary N) is 1. The molecule has 3 rings (SSSR count). The molecule has 0 radical (unpaired) electrons. The molecule has 0 saturated heterocycles. The third-order valence-corrected chi connectivity index (χ3v) is 5.74. The quantitative estimate of drug-likeness (QED) is 0.590. The monoisotopic (exact) mass is 326 g/mol. The van der Waals surface area contributed by atoms with Crippen molar-refractivity contribution in [3.05, 3.63) is 24.5 Å². The number of imidazole rings is 1. The Morgan fingerprint density at radius 2 is 2.19 bits per heavy atom. The predicted molar refractivity (Wildman–Crippen MR) is 82.9 cm³/mol. The molecular formula is C13H18N4O2S2. The van der Waals surface area contributed by atoms with Crippen LogP contribution in [0.25, 0.3) is 5.65 Å². The molecule has 114 valence electrons. The molecule has 21 heavy (non-hydrogen) atoms. The Morgan fingerprint density at radius 1 is 1.33 bits per heavy atom. The smallest absolute Gasteiger partial charge is 0.211 e. The molecule has 0 atom stereocenters. The summed E-state index contributed by atoms with van der Waals surface area (Å²) in [5.74, 6) is 1.09. The van der Waals surface area contributed by atoms with E-state index in [1.807, 2.05) is 18.3 Å². The van der Waals surface area contributed by atoms with E-state index >= 15 is 0 Å². The summed E-state index contributed by atoms with van der Waals surface area (Å²) in [5, 5.41) is 5.35. The molecule has 6 nitrogen and oxygen atoms in total. The van der Waals surface area contributed by atoms with Crippen molar-refractivity contribution in [3.63, 3.8) is 0 Å². The van der Waals surface area contributed by atoms with Crippen molar-refractivity contribution in [3.8, 4) is 0 Å². The van der Waals surface area contributed by atoms with Crippen molar-refractivity contribution in [2.45, 2.75) is 36.8 Å². The molecule has 0 aromatic carbocycles. The van der Waals surface area contributed by atoms with E-state index in [4.69, 9.17) is 0 Å². The summed E-state index contributed by atoms with van der Waals surface area (Å²) in [6, 6.07) is 4.08. The lowest BCUT2D eigenvalue weighted by atomic mass is 10.4. The topological polar surface area (TPSA) is 76.4 Å². The van der Waals surface area contributed by atoms with Gasteiger partial charge in [0, 0.05) is 18.4 Å². The first-order valence-electron chi connectivity index (χ1n) is 7.06. The van der Waals surface area contributed by atoms with Gasteiger partial charge >= 0.3 is 0 Å². The van der Waals surface area contributed by atoms with Crippen LogP contribution in [0.4, 0.5) is 0 Å². The number of thioether (sulfide) groups is 1. The molecule has 0 amide bonds. The lowest BCUT2D eigenvalue weighted by Gasteiger charge is -2.05. The Balaban J connectivity index is 1.39. The van der Waals surface area contributed by atoms with Crippen molar-refractivity contribution in [2.75, 3.05) is 11.5 Å². The van der Waals surface area contributed by atoms with Crippen LogP contribution in [0.2, 0.25) is 0 Å². The van der Waals surface area contributed by atoms with E-state index in [9.17, 15) is 8.42 Å². The summed E-state index contributed by atoms with van der Waals surface area (Å²) in [7, 11) is -3.07. The van der Waals surface area contributed by atoms with Crippen LogP contribution in [0.15, 0.2) is 29.6 Å². The Bertz CT molecular complexity index is 710. The number of hydrogen-bond acceptors (Lipinski definition) is 5. The van der Waals surface area contributed by atoms with Gasteiger partial charge in [-0.1, -0.05) is 0 Å². The average Bonchev–Trinajstić information content (AvgIpc) is 3.11. The minimum absolute atomic E-state index is 0.204. The molecule has 0 unspecified atom stereocenters. The largest absolute Gasteiger partial charge is 0.236 e. The molecule has 0 bridgehead atoms.